The minimum atomic E-state index is -1.12. The molecule has 11 nitrogen and oxygen atoms in total. The standard InChI is InChI=1S/C40H41N7O4S/c48-25-28-19-30(21-41-20-28)37-42-22-32(52-37)23-44-15-11-33(35(24-44)29-7-3-1-4-8-29)38(49)45-17-13-40(51,14-18-45)26-46-27-43-36-34(39(46)50)12-16-47(36)31-9-5-2-6-10-31/h1-10,12,16,19-22,27,33,35,48,51H,11,13-15,17-18,23-26H2/t33-,35+/m1/s1. The van der Waals surface area contributed by atoms with Crippen molar-refractivity contribution in [3.8, 4) is 16.3 Å². The highest BCUT2D eigenvalue weighted by atomic mass is 32.1. The third-order valence-electron chi connectivity index (χ3n) is 10.6. The smallest absolute Gasteiger partial charge is 0.262 e. The molecule has 6 aromatic rings. The van der Waals surface area contributed by atoms with E-state index < -0.39 is 5.60 Å². The van der Waals surface area contributed by atoms with Gasteiger partial charge in [0.25, 0.3) is 5.56 Å². The number of rotatable bonds is 9. The molecular formula is C40H41N7O4S. The highest BCUT2D eigenvalue weighted by Crippen LogP contribution is 2.37. The number of para-hydroxylation sites is 1. The third-order valence-corrected chi connectivity index (χ3v) is 11.6. The van der Waals surface area contributed by atoms with E-state index in [0.29, 0.717) is 37.0 Å². The summed E-state index contributed by atoms with van der Waals surface area (Å²) < 4.78 is 3.40. The number of carbonyl (C=O) groups excluding carboxylic acids is 1. The molecule has 0 unspecified atom stereocenters. The van der Waals surface area contributed by atoms with E-state index in [1.807, 2.05) is 76.5 Å². The number of carbonyl (C=O) groups is 1. The molecule has 266 valence electrons. The molecule has 0 bridgehead atoms. The van der Waals surface area contributed by atoms with Gasteiger partial charge < -0.3 is 19.7 Å². The minimum absolute atomic E-state index is 0.0284. The van der Waals surface area contributed by atoms with Crippen LogP contribution >= 0.6 is 11.3 Å². The second-order valence-electron chi connectivity index (χ2n) is 14.0. The van der Waals surface area contributed by atoms with Crippen LogP contribution < -0.4 is 5.56 Å². The van der Waals surface area contributed by atoms with Gasteiger partial charge in [0.2, 0.25) is 5.91 Å². The first kappa shape index (κ1) is 34.1. The number of likely N-dealkylation sites (tertiary alicyclic amines) is 2. The zero-order valence-corrected chi connectivity index (χ0v) is 29.6. The Labute approximate surface area is 305 Å². The third kappa shape index (κ3) is 6.94. The van der Waals surface area contributed by atoms with Crippen LogP contribution in [0.4, 0.5) is 0 Å². The number of aliphatic hydroxyl groups excluding tert-OH is 1. The van der Waals surface area contributed by atoms with Crippen LogP contribution in [-0.2, 0) is 24.5 Å². The normalized spacial score (nSPS) is 19.2. The molecule has 52 heavy (non-hydrogen) atoms. The minimum Gasteiger partial charge on any atom is -0.392 e. The molecule has 2 aliphatic rings. The lowest BCUT2D eigenvalue weighted by molar-refractivity contribution is -0.142. The van der Waals surface area contributed by atoms with Gasteiger partial charge in [0.15, 0.2) is 5.65 Å². The van der Waals surface area contributed by atoms with Crippen molar-refractivity contribution in [2.75, 3.05) is 26.2 Å². The Morgan fingerprint density at radius 3 is 2.48 bits per heavy atom. The maximum Gasteiger partial charge on any atom is 0.262 e. The number of aromatic nitrogens is 5. The van der Waals surface area contributed by atoms with Gasteiger partial charge in [-0.3, -0.25) is 24.0 Å². The molecule has 6 heterocycles. The zero-order valence-electron chi connectivity index (χ0n) is 28.8. The first-order chi connectivity index (χ1) is 25.4. The Balaban J connectivity index is 0.928. The maximum atomic E-state index is 14.2. The number of benzene rings is 2. The average Bonchev–Trinajstić information content (AvgIpc) is 3.85. The number of thiazole rings is 1. The number of hydrogen-bond acceptors (Lipinski definition) is 9. The van der Waals surface area contributed by atoms with Crippen molar-refractivity contribution in [1.82, 2.24) is 33.9 Å². The Bertz CT molecular complexity index is 2230. The molecule has 4 aromatic heterocycles. The second-order valence-corrected chi connectivity index (χ2v) is 15.1. The van der Waals surface area contributed by atoms with Gasteiger partial charge in [-0.2, -0.15) is 0 Å². The first-order valence-corrected chi connectivity index (χ1v) is 18.6. The van der Waals surface area contributed by atoms with Crippen molar-refractivity contribution < 1.29 is 15.0 Å². The van der Waals surface area contributed by atoms with Crippen LogP contribution in [0.15, 0.2) is 109 Å². The molecule has 0 aliphatic carbocycles. The summed E-state index contributed by atoms with van der Waals surface area (Å²) in [6.07, 6.45) is 10.2. The fourth-order valence-electron chi connectivity index (χ4n) is 7.74. The van der Waals surface area contributed by atoms with Crippen LogP contribution in [0.1, 0.15) is 41.2 Å². The molecule has 12 heteroatoms. The van der Waals surface area contributed by atoms with Gasteiger partial charge in [0, 0.05) is 78.9 Å². The lowest BCUT2D eigenvalue weighted by Crippen LogP contribution is -2.53. The van der Waals surface area contributed by atoms with Crippen LogP contribution in [0.25, 0.3) is 27.3 Å². The Kier molecular flexibility index (Phi) is 9.54. The monoisotopic (exact) mass is 715 g/mol. The van der Waals surface area contributed by atoms with Crippen LogP contribution in [0.5, 0.6) is 0 Å². The van der Waals surface area contributed by atoms with E-state index in [9.17, 15) is 19.8 Å². The highest BCUT2D eigenvalue weighted by molar-refractivity contribution is 7.15. The highest BCUT2D eigenvalue weighted by Gasteiger charge is 2.41. The Hall–Kier alpha value is -5.01. The van der Waals surface area contributed by atoms with Crippen molar-refractivity contribution in [1.29, 1.82) is 0 Å². The lowest BCUT2D eigenvalue weighted by atomic mass is 9.79. The molecule has 2 atom stereocenters. The zero-order chi connectivity index (χ0) is 35.7. The van der Waals surface area contributed by atoms with Gasteiger partial charge in [-0.1, -0.05) is 48.5 Å². The summed E-state index contributed by atoms with van der Waals surface area (Å²) in [5.74, 6) is -0.00732. The van der Waals surface area contributed by atoms with Crippen molar-refractivity contribution in [2.24, 2.45) is 5.92 Å². The van der Waals surface area contributed by atoms with E-state index in [1.54, 1.807) is 29.8 Å². The molecule has 1 amide bonds. The van der Waals surface area contributed by atoms with E-state index in [-0.39, 0.29) is 36.5 Å². The first-order valence-electron chi connectivity index (χ1n) is 17.8. The molecule has 0 saturated carbocycles. The van der Waals surface area contributed by atoms with Gasteiger partial charge in [0.05, 0.1) is 24.1 Å². The summed E-state index contributed by atoms with van der Waals surface area (Å²) in [5, 5.41) is 22.6. The number of fused-ring (bicyclic) bond motifs is 1. The number of pyridine rings is 1. The SMILES string of the molecule is O=C([C@@H]1CCN(Cc2cnc(-c3cncc(CO)c3)s2)C[C@H]1c1ccccc1)N1CCC(O)(Cn2cnc3c(ccn3-c3ccccc3)c2=O)CC1. The Morgan fingerprint density at radius 1 is 0.942 bits per heavy atom. The predicted molar refractivity (Wildman–Crippen MR) is 200 cm³/mol. The van der Waals surface area contributed by atoms with Crippen molar-refractivity contribution >= 4 is 28.3 Å². The van der Waals surface area contributed by atoms with Gasteiger partial charge in [0.1, 0.15) is 11.3 Å². The quantitative estimate of drug-likeness (QED) is 0.217. The summed E-state index contributed by atoms with van der Waals surface area (Å²) in [7, 11) is 0. The number of aliphatic hydroxyl groups is 2. The fraction of sp³-hybridized carbons (Fsp3) is 0.325. The number of piperidine rings is 2. The molecule has 2 aromatic carbocycles. The molecule has 8 rings (SSSR count). The van der Waals surface area contributed by atoms with E-state index in [1.165, 1.54) is 10.9 Å². The predicted octanol–water partition coefficient (Wildman–Crippen LogP) is 4.86. The number of nitrogens with zero attached hydrogens (tertiary/aromatic N) is 7. The molecule has 0 spiro atoms. The Morgan fingerprint density at radius 2 is 1.71 bits per heavy atom. The van der Waals surface area contributed by atoms with Gasteiger partial charge in [-0.15, -0.1) is 11.3 Å². The average molecular weight is 716 g/mol. The topological polar surface area (TPSA) is 130 Å². The van der Waals surface area contributed by atoms with E-state index in [0.717, 1.165) is 58.3 Å². The van der Waals surface area contributed by atoms with E-state index in [2.05, 4.69) is 32.0 Å². The van der Waals surface area contributed by atoms with Crippen molar-refractivity contribution in [3.05, 3.63) is 130 Å². The van der Waals surface area contributed by atoms with Gasteiger partial charge >= 0.3 is 0 Å². The largest absolute Gasteiger partial charge is 0.392 e. The fourth-order valence-corrected chi connectivity index (χ4v) is 8.67. The molecule has 2 fully saturated rings. The van der Waals surface area contributed by atoms with E-state index >= 15 is 0 Å². The lowest BCUT2D eigenvalue weighted by Gasteiger charge is -2.43. The van der Waals surface area contributed by atoms with Crippen LogP contribution in [-0.4, -0.2) is 81.8 Å². The molecule has 2 N–H and O–H groups in total. The van der Waals surface area contributed by atoms with Gasteiger partial charge in [-0.05, 0) is 61.2 Å². The molecule has 2 saturated heterocycles. The number of amides is 1. The second kappa shape index (κ2) is 14.5. The summed E-state index contributed by atoms with van der Waals surface area (Å²) in [6.45, 7) is 3.20. The van der Waals surface area contributed by atoms with Crippen LogP contribution in [0.2, 0.25) is 0 Å². The summed E-state index contributed by atoms with van der Waals surface area (Å²) in [5.41, 5.74) is 3.00. The molecule has 2 aliphatic heterocycles. The summed E-state index contributed by atoms with van der Waals surface area (Å²) in [4.78, 5) is 46.7. The number of hydrogen-bond donors (Lipinski definition) is 2. The van der Waals surface area contributed by atoms with Gasteiger partial charge in [-0.25, -0.2) is 9.97 Å². The van der Waals surface area contributed by atoms with Crippen molar-refractivity contribution in [2.45, 2.75) is 50.5 Å². The molecule has 0 radical (unpaired) electrons. The summed E-state index contributed by atoms with van der Waals surface area (Å²) in [6, 6.07) is 23.8. The van der Waals surface area contributed by atoms with E-state index in [4.69, 9.17) is 0 Å². The van der Waals surface area contributed by atoms with Crippen LogP contribution in [0, 0.1) is 5.92 Å². The molecular weight excluding hydrogens is 675 g/mol. The maximum absolute atomic E-state index is 14.2. The van der Waals surface area contributed by atoms with Crippen LogP contribution in [0.3, 0.4) is 0 Å². The summed E-state index contributed by atoms with van der Waals surface area (Å²) >= 11 is 1.63. The van der Waals surface area contributed by atoms with Crippen molar-refractivity contribution in [3.63, 3.8) is 0 Å².